The molecular weight excluding hydrogens is 106 g/mol. The molecule has 0 radical (unpaired) electrons. The van der Waals surface area contributed by atoms with Crippen molar-refractivity contribution in [2.45, 2.75) is 19.1 Å². The molecule has 40 valence electrons. The van der Waals surface area contributed by atoms with Gasteiger partial charge < -0.3 is 0 Å². The lowest BCUT2D eigenvalue weighted by Gasteiger charge is -2.01. The molecule has 1 unspecified atom stereocenters. The molecule has 2 heteroatoms. The van der Waals surface area contributed by atoms with Crippen LogP contribution in [0.25, 0.3) is 0 Å². The highest BCUT2D eigenvalue weighted by atomic mass is 32.1. The predicted octanol–water partition coefficient (Wildman–Crippen LogP) is 1.46. The van der Waals surface area contributed by atoms with Gasteiger partial charge in [0.05, 0.1) is 11.3 Å². The normalized spacial score (nSPS) is 13.6. The molecule has 0 saturated carbocycles. The number of hydrogen-bond acceptors (Lipinski definition) is 2. The second-order valence-electron chi connectivity index (χ2n) is 1.82. The number of thiol groups is 1. The molecule has 0 amide bonds. The lowest BCUT2D eigenvalue weighted by Crippen LogP contribution is -2.02. The summed E-state index contributed by atoms with van der Waals surface area (Å²) in [5.74, 6) is 0.369. The third-order valence-corrected chi connectivity index (χ3v) is 1.48. The molecule has 1 nitrogen and oxygen atoms in total. The Morgan fingerprint density at radius 2 is 2.00 bits per heavy atom. The van der Waals surface area contributed by atoms with Crippen molar-refractivity contribution in [3.63, 3.8) is 0 Å². The molecule has 0 aromatic heterocycles. The second-order valence-corrected chi connectivity index (χ2v) is 2.37. The van der Waals surface area contributed by atoms with Crippen LogP contribution in [-0.2, 0) is 0 Å². The van der Waals surface area contributed by atoms with Crippen LogP contribution in [0.3, 0.4) is 0 Å². The standard InChI is InChI=1S/C5H9NS/c1-4(2)5(7)3-6/h4-5,7H,1-2H3. The third-order valence-electron chi connectivity index (χ3n) is 0.764. The summed E-state index contributed by atoms with van der Waals surface area (Å²) in [5, 5.41) is 8.08. The van der Waals surface area contributed by atoms with Crippen molar-refractivity contribution in [3.8, 4) is 6.07 Å². The highest BCUT2D eigenvalue weighted by Crippen LogP contribution is 2.05. The van der Waals surface area contributed by atoms with Crippen LogP contribution in [0.15, 0.2) is 0 Å². The SMILES string of the molecule is CC(C)C(S)C#N. The van der Waals surface area contributed by atoms with Gasteiger partial charge >= 0.3 is 0 Å². The maximum Gasteiger partial charge on any atom is 0.0909 e. The van der Waals surface area contributed by atoms with E-state index in [-0.39, 0.29) is 5.25 Å². The zero-order valence-electron chi connectivity index (χ0n) is 4.55. The van der Waals surface area contributed by atoms with E-state index in [0.717, 1.165) is 0 Å². The zero-order chi connectivity index (χ0) is 5.86. The van der Waals surface area contributed by atoms with E-state index < -0.39 is 0 Å². The first-order chi connectivity index (χ1) is 3.18. The summed E-state index contributed by atoms with van der Waals surface area (Å²) in [6.45, 7) is 3.95. The van der Waals surface area contributed by atoms with Crippen molar-refractivity contribution in [1.82, 2.24) is 0 Å². The Morgan fingerprint density at radius 3 is 2.00 bits per heavy atom. The van der Waals surface area contributed by atoms with Gasteiger partial charge in [-0.05, 0) is 5.92 Å². The fraction of sp³-hybridized carbons (Fsp3) is 0.800. The van der Waals surface area contributed by atoms with Crippen LogP contribution < -0.4 is 0 Å². The summed E-state index contributed by atoms with van der Waals surface area (Å²) in [4.78, 5) is 0. The van der Waals surface area contributed by atoms with Crippen LogP contribution in [0, 0.1) is 17.2 Å². The lowest BCUT2D eigenvalue weighted by molar-refractivity contribution is 0.688. The van der Waals surface area contributed by atoms with Gasteiger partial charge in [0, 0.05) is 0 Å². The Labute approximate surface area is 49.7 Å². The summed E-state index contributed by atoms with van der Waals surface area (Å²) < 4.78 is 0. The molecular formula is C5H9NS. The number of hydrogen-bond donors (Lipinski definition) is 1. The Morgan fingerprint density at radius 1 is 1.57 bits per heavy atom. The average Bonchev–Trinajstić information content (AvgIpc) is 1.65. The van der Waals surface area contributed by atoms with E-state index in [4.69, 9.17) is 5.26 Å². The van der Waals surface area contributed by atoms with Crippen molar-refractivity contribution in [1.29, 1.82) is 5.26 Å². The van der Waals surface area contributed by atoms with E-state index in [0.29, 0.717) is 5.92 Å². The second kappa shape index (κ2) is 2.92. The highest BCUT2D eigenvalue weighted by molar-refractivity contribution is 7.81. The molecule has 7 heavy (non-hydrogen) atoms. The summed E-state index contributed by atoms with van der Waals surface area (Å²) >= 11 is 3.96. The van der Waals surface area contributed by atoms with Crippen LogP contribution in [0.5, 0.6) is 0 Å². The molecule has 0 saturated heterocycles. The fourth-order valence-electron chi connectivity index (χ4n) is 0.149. The Balaban J connectivity index is 3.40. The molecule has 0 aliphatic carbocycles. The van der Waals surface area contributed by atoms with E-state index in [1.54, 1.807) is 0 Å². The number of nitriles is 1. The summed E-state index contributed by atoms with van der Waals surface area (Å²) in [5.41, 5.74) is 0. The van der Waals surface area contributed by atoms with Gasteiger partial charge in [0.15, 0.2) is 0 Å². The minimum atomic E-state index is -0.0972. The van der Waals surface area contributed by atoms with E-state index in [1.807, 2.05) is 19.9 Å². The molecule has 0 N–H and O–H groups in total. The third kappa shape index (κ3) is 2.52. The molecule has 0 fully saturated rings. The quantitative estimate of drug-likeness (QED) is 0.514. The van der Waals surface area contributed by atoms with Gasteiger partial charge in [-0.25, -0.2) is 0 Å². The van der Waals surface area contributed by atoms with Crippen LogP contribution in [-0.4, -0.2) is 5.25 Å². The van der Waals surface area contributed by atoms with Gasteiger partial charge in [-0.1, -0.05) is 13.8 Å². The molecule has 0 bridgehead atoms. The monoisotopic (exact) mass is 115 g/mol. The Hall–Kier alpha value is -0.160. The molecule has 0 rings (SSSR count). The van der Waals surface area contributed by atoms with Crippen LogP contribution in [0.1, 0.15) is 13.8 Å². The molecule has 0 aliphatic heterocycles. The van der Waals surface area contributed by atoms with Crippen molar-refractivity contribution in [2.24, 2.45) is 5.92 Å². The summed E-state index contributed by atoms with van der Waals surface area (Å²) in [7, 11) is 0. The first kappa shape index (κ1) is 6.84. The van der Waals surface area contributed by atoms with Gasteiger partial charge in [0.2, 0.25) is 0 Å². The molecule has 0 spiro atoms. The van der Waals surface area contributed by atoms with Crippen molar-refractivity contribution in [3.05, 3.63) is 0 Å². The molecule has 0 aromatic rings. The summed E-state index contributed by atoms with van der Waals surface area (Å²) in [6, 6.07) is 2.03. The maximum absolute atomic E-state index is 8.18. The van der Waals surface area contributed by atoms with E-state index in [9.17, 15) is 0 Å². The van der Waals surface area contributed by atoms with Gasteiger partial charge in [-0.15, -0.1) is 0 Å². The van der Waals surface area contributed by atoms with Gasteiger partial charge in [-0.2, -0.15) is 17.9 Å². The summed E-state index contributed by atoms with van der Waals surface area (Å²) in [6.07, 6.45) is 0. The van der Waals surface area contributed by atoms with Crippen LogP contribution >= 0.6 is 12.6 Å². The smallest absolute Gasteiger partial charge is 0.0909 e. The van der Waals surface area contributed by atoms with Crippen LogP contribution in [0.4, 0.5) is 0 Å². The average molecular weight is 115 g/mol. The zero-order valence-corrected chi connectivity index (χ0v) is 5.44. The number of rotatable bonds is 1. The number of nitrogens with zero attached hydrogens (tertiary/aromatic N) is 1. The lowest BCUT2D eigenvalue weighted by atomic mass is 10.1. The Kier molecular flexibility index (Phi) is 2.86. The molecule has 1 atom stereocenters. The highest BCUT2D eigenvalue weighted by Gasteiger charge is 2.03. The fourth-order valence-corrected chi connectivity index (χ4v) is 0.149. The molecule has 0 heterocycles. The molecule has 0 aromatic carbocycles. The first-order valence-electron chi connectivity index (χ1n) is 2.26. The van der Waals surface area contributed by atoms with Gasteiger partial charge in [0.1, 0.15) is 0 Å². The van der Waals surface area contributed by atoms with Crippen molar-refractivity contribution in [2.75, 3.05) is 0 Å². The largest absolute Gasteiger partial charge is 0.197 e. The van der Waals surface area contributed by atoms with E-state index in [2.05, 4.69) is 12.6 Å². The predicted molar refractivity (Wildman–Crippen MR) is 33.2 cm³/mol. The van der Waals surface area contributed by atoms with E-state index >= 15 is 0 Å². The van der Waals surface area contributed by atoms with E-state index in [1.165, 1.54) is 0 Å². The van der Waals surface area contributed by atoms with Crippen molar-refractivity contribution < 1.29 is 0 Å². The maximum atomic E-state index is 8.18. The minimum Gasteiger partial charge on any atom is -0.197 e. The van der Waals surface area contributed by atoms with Crippen LogP contribution in [0.2, 0.25) is 0 Å². The van der Waals surface area contributed by atoms with Gasteiger partial charge in [0.25, 0.3) is 0 Å². The van der Waals surface area contributed by atoms with Gasteiger partial charge in [-0.3, -0.25) is 0 Å². The first-order valence-corrected chi connectivity index (χ1v) is 2.77. The topological polar surface area (TPSA) is 23.8 Å². The Bertz CT molecular complexity index is 82.6. The minimum absolute atomic E-state index is 0.0972. The van der Waals surface area contributed by atoms with Crippen molar-refractivity contribution >= 4 is 12.6 Å². The molecule has 0 aliphatic rings.